The van der Waals surface area contributed by atoms with Crippen LogP contribution >= 0.6 is 0 Å². The number of aryl methyl sites for hydroxylation is 2. The fourth-order valence-electron chi connectivity index (χ4n) is 5.79. The Balaban J connectivity index is 1.16. The predicted octanol–water partition coefficient (Wildman–Crippen LogP) is 5.23. The van der Waals surface area contributed by atoms with E-state index in [2.05, 4.69) is 10.3 Å². The number of anilines is 2. The maximum atomic E-state index is 13.1. The standard InChI is InChI=1S/C34H41N5O5/c1-6-39-28-10-9-25(22-29(28)37(5)32(41)34(3,4)33(39)42)43-20-8-7-15-36-27(24-11-16-35-17-12-24)13-18-38-19-14-30-26(31(38)40)21-23(2)44-30/h9-12,14,16-17,19,21-22,27,36H,6-8,13,15,18,20H2,1-5H3. The Morgan fingerprint density at radius 3 is 2.52 bits per heavy atom. The molecule has 1 N–H and O–H groups in total. The van der Waals surface area contributed by atoms with Gasteiger partial charge in [-0.3, -0.25) is 19.4 Å². The van der Waals surface area contributed by atoms with E-state index >= 15 is 0 Å². The van der Waals surface area contributed by atoms with E-state index in [1.807, 2.05) is 50.2 Å². The van der Waals surface area contributed by atoms with Crippen molar-refractivity contribution in [2.24, 2.45) is 5.41 Å². The maximum Gasteiger partial charge on any atom is 0.261 e. The minimum Gasteiger partial charge on any atom is -0.494 e. The van der Waals surface area contributed by atoms with Gasteiger partial charge in [0.25, 0.3) is 5.56 Å². The Bertz CT molecular complexity index is 1690. The molecule has 3 aromatic heterocycles. The van der Waals surface area contributed by atoms with Crippen LogP contribution in [-0.2, 0) is 16.1 Å². The molecule has 0 saturated carbocycles. The van der Waals surface area contributed by atoms with E-state index in [9.17, 15) is 14.4 Å². The molecule has 44 heavy (non-hydrogen) atoms. The molecule has 0 radical (unpaired) electrons. The van der Waals surface area contributed by atoms with Crippen LogP contribution in [-0.4, -0.2) is 48.1 Å². The second-order valence-corrected chi connectivity index (χ2v) is 11.8. The van der Waals surface area contributed by atoms with Gasteiger partial charge in [0.05, 0.1) is 23.4 Å². The highest BCUT2D eigenvalue weighted by atomic mass is 16.5. The van der Waals surface area contributed by atoms with Crippen molar-refractivity contribution in [1.29, 1.82) is 0 Å². The number of aromatic nitrogens is 2. The van der Waals surface area contributed by atoms with E-state index in [0.717, 1.165) is 37.1 Å². The number of amides is 2. The van der Waals surface area contributed by atoms with Crippen LogP contribution in [0.4, 0.5) is 11.4 Å². The summed E-state index contributed by atoms with van der Waals surface area (Å²) in [5.74, 6) is 0.935. The number of carbonyl (C=O) groups is 2. The van der Waals surface area contributed by atoms with Gasteiger partial charge in [0.15, 0.2) is 0 Å². The molecule has 0 saturated heterocycles. The molecular formula is C34H41N5O5. The highest BCUT2D eigenvalue weighted by molar-refractivity contribution is 6.20. The third kappa shape index (κ3) is 6.26. The van der Waals surface area contributed by atoms with Crippen molar-refractivity contribution in [3.63, 3.8) is 0 Å². The number of benzene rings is 1. The zero-order chi connectivity index (χ0) is 31.4. The largest absolute Gasteiger partial charge is 0.494 e. The average molecular weight is 600 g/mol. The van der Waals surface area contributed by atoms with Gasteiger partial charge >= 0.3 is 0 Å². The predicted molar refractivity (Wildman–Crippen MR) is 171 cm³/mol. The minimum atomic E-state index is -1.14. The highest BCUT2D eigenvalue weighted by Crippen LogP contribution is 2.40. The Morgan fingerprint density at radius 1 is 1.00 bits per heavy atom. The fraction of sp³-hybridized carbons (Fsp3) is 0.412. The Kier molecular flexibility index (Phi) is 9.20. The number of hydrogen-bond donors (Lipinski definition) is 1. The Hall–Kier alpha value is -4.44. The first-order valence-electron chi connectivity index (χ1n) is 15.2. The zero-order valence-corrected chi connectivity index (χ0v) is 26.1. The average Bonchev–Trinajstić information content (AvgIpc) is 3.40. The molecule has 1 aliphatic rings. The summed E-state index contributed by atoms with van der Waals surface area (Å²) in [5, 5.41) is 4.25. The van der Waals surface area contributed by atoms with Gasteiger partial charge in [-0.25, -0.2) is 0 Å². The SMILES string of the molecule is CCN1C(=O)C(C)(C)C(=O)N(C)c2cc(OCCCCNC(CCn3ccc4oc(C)cc4c3=O)c3ccncc3)ccc21. The number of unbranched alkanes of at least 4 members (excludes halogenated alkanes) is 1. The quantitative estimate of drug-likeness (QED) is 0.175. The number of furan rings is 1. The first kappa shape index (κ1) is 31.0. The van der Waals surface area contributed by atoms with Gasteiger partial charge in [0.1, 0.15) is 22.5 Å². The van der Waals surface area contributed by atoms with Crippen LogP contribution in [0.5, 0.6) is 5.75 Å². The normalized spacial score (nSPS) is 15.4. The Morgan fingerprint density at radius 2 is 1.77 bits per heavy atom. The van der Waals surface area contributed by atoms with Crippen LogP contribution in [0.1, 0.15) is 57.4 Å². The third-order valence-corrected chi connectivity index (χ3v) is 8.31. The number of nitrogens with one attached hydrogen (secondary N) is 1. The number of nitrogens with zero attached hydrogens (tertiary/aromatic N) is 4. The fourth-order valence-corrected chi connectivity index (χ4v) is 5.79. The number of pyridine rings is 2. The van der Waals surface area contributed by atoms with Gasteiger partial charge in [-0.15, -0.1) is 0 Å². The minimum absolute atomic E-state index is 0.0453. The number of ether oxygens (including phenoxy) is 1. The molecule has 1 aromatic carbocycles. The second-order valence-electron chi connectivity index (χ2n) is 11.8. The van der Waals surface area contributed by atoms with Crippen molar-refractivity contribution >= 4 is 34.2 Å². The smallest absolute Gasteiger partial charge is 0.261 e. The molecule has 1 atom stereocenters. The van der Waals surface area contributed by atoms with Crippen LogP contribution in [0.3, 0.4) is 0 Å². The van der Waals surface area contributed by atoms with Crippen molar-refractivity contribution in [2.75, 3.05) is 36.5 Å². The molecule has 2 amide bonds. The molecule has 10 nitrogen and oxygen atoms in total. The lowest BCUT2D eigenvalue weighted by Gasteiger charge is -2.27. The summed E-state index contributed by atoms with van der Waals surface area (Å²) in [4.78, 5) is 46.6. The first-order valence-corrected chi connectivity index (χ1v) is 15.2. The van der Waals surface area contributed by atoms with Crippen molar-refractivity contribution in [3.8, 4) is 5.75 Å². The van der Waals surface area contributed by atoms with Crippen LogP contribution in [0.25, 0.3) is 11.0 Å². The highest BCUT2D eigenvalue weighted by Gasteiger charge is 2.45. The van der Waals surface area contributed by atoms with Crippen molar-refractivity contribution in [3.05, 3.63) is 82.7 Å². The Labute approximate surface area is 257 Å². The van der Waals surface area contributed by atoms with Gasteiger partial charge < -0.3 is 28.8 Å². The van der Waals surface area contributed by atoms with E-state index in [4.69, 9.17) is 9.15 Å². The molecule has 10 heteroatoms. The van der Waals surface area contributed by atoms with Gasteiger partial charge in [0, 0.05) is 50.8 Å². The van der Waals surface area contributed by atoms with Crippen molar-refractivity contribution in [1.82, 2.24) is 14.9 Å². The molecule has 232 valence electrons. The molecule has 1 aliphatic heterocycles. The lowest BCUT2D eigenvalue weighted by Crippen LogP contribution is -2.47. The summed E-state index contributed by atoms with van der Waals surface area (Å²) < 4.78 is 13.4. The third-order valence-electron chi connectivity index (χ3n) is 8.31. The van der Waals surface area contributed by atoms with E-state index < -0.39 is 5.41 Å². The van der Waals surface area contributed by atoms with Crippen LogP contribution in [0.15, 0.2) is 70.3 Å². The van der Waals surface area contributed by atoms with Gasteiger partial charge in [-0.1, -0.05) is 0 Å². The molecule has 4 aromatic rings. The molecule has 5 rings (SSSR count). The van der Waals surface area contributed by atoms with Gasteiger partial charge in [-0.05, 0) is 95.5 Å². The topological polar surface area (TPSA) is 110 Å². The number of rotatable bonds is 12. The van der Waals surface area contributed by atoms with E-state index in [0.29, 0.717) is 47.8 Å². The summed E-state index contributed by atoms with van der Waals surface area (Å²) in [6.45, 7) is 9.43. The number of carbonyl (C=O) groups excluding carboxylic acids is 2. The number of fused-ring (bicyclic) bond motifs is 2. The monoisotopic (exact) mass is 599 g/mol. The second kappa shape index (κ2) is 13.1. The lowest BCUT2D eigenvalue weighted by molar-refractivity contribution is -0.137. The van der Waals surface area contributed by atoms with E-state index in [1.54, 1.807) is 59.9 Å². The molecule has 4 heterocycles. The van der Waals surface area contributed by atoms with E-state index in [-0.39, 0.29) is 23.4 Å². The first-order chi connectivity index (χ1) is 21.1. The van der Waals surface area contributed by atoms with Gasteiger partial charge in [-0.2, -0.15) is 0 Å². The summed E-state index contributed by atoms with van der Waals surface area (Å²) in [5.41, 5.74) is 1.92. The molecule has 1 unspecified atom stereocenters. The molecule has 0 aliphatic carbocycles. The van der Waals surface area contributed by atoms with Crippen LogP contribution < -0.4 is 25.4 Å². The summed E-state index contributed by atoms with van der Waals surface area (Å²) >= 11 is 0. The van der Waals surface area contributed by atoms with Crippen LogP contribution in [0, 0.1) is 12.3 Å². The zero-order valence-electron chi connectivity index (χ0n) is 26.1. The van der Waals surface area contributed by atoms with Crippen molar-refractivity contribution < 1.29 is 18.7 Å². The van der Waals surface area contributed by atoms with Crippen LogP contribution in [0.2, 0.25) is 0 Å². The van der Waals surface area contributed by atoms with E-state index in [1.165, 1.54) is 0 Å². The summed E-state index contributed by atoms with van der Waals surface area (Å²) in [6.07, 6.45) is 7.81. The maximum absolute atomic E-state index is 13.1. The molecule has 0 spiro atoms. The number of hydrogen-bond acceptors (Lipinski definition) is 7. The lowest BCUT2D eigenvalue weighted by atomic mass is 9.90. The molecule has 0 fully saturated rings. The summed E-state index contributed by atoms with van der Waals surface area (Å²) in [7, 11) is 1.71. The van der Waals surface area contributed by atoms with Gasteiger partial charge in [0.2, 0.25) is 11.8 Å². The molecule has 0 bridgehead atoms. The summed E-state index contributed by atoms with van der Waals surface area (Å²) in [6, 6.07) is 13.2. The molecular weight excluding hydrogens is 558 g/mol. The van der Waals surface area contributed by atoms with Crippen molar-refractivity contribution in [2.45, 2.75) is 59.5 Å².